The molecule has 2 amide bonds. The number of carbonyl (C=O) groups is 2. The molecule has 3 aromatic rings. The van der Waals surface area contributed by atoms with E-state index in [9.17, 15) is 9.59 Å². The molecule has 4 rings (SSSR count). The molecule has 1 saturated heterocycles. The number of hydrogen-bond acceptors (Lipinski definition) is 4. The fourth-order valence-corrected chi connectivity index (χ4v) is 3.82. The van der Waals surface area contributed by atoms with E-state index in [1.54, 1.807) is 61.5 Å². The molecule has 168 valence electrons. The molecule has 0 aromatic heterocycles. The van der Waals surface area contributed by atoms with E-state index >= 15 is 0 Å². The third kappa shape index (κ3) is 4.99. The van der Waals surface area contributed by atoms with E-state index in [2.05, 4.69) is 10.7 Å². The first-order chi connectivity index (χ1) is 16.0. The number of carbonyl (C=O) groups excluding carboxylic acids is 2. The highest BCUT2D eigenvalue weighted by Gasteiger charge is 2.47. The van der Waals surface area contributed by atoms with Gasteiger partial charge in [0.25, 0.3) is 5.91 Å². The van der Waals surface area contributed by atoms with Gasteiger partial charge in [-0.3, -0.25) is 9.59 Å². The van der Waals surface area contributed by atoms with Crippen LogP contribution in [0.3, 0.4) is 0 Å². The third-order valence-corrected chi connectivity index (χ3v) is 5.62. The van der Waals surface area contributed by atoms with Crippen molar-refractivity contribution in [3.8, 4) is 11.5 Å². The maximum Gasteiger partial charge on any atom is 0.304 e. The largest absolute Gasteiger partial charge is 0.497 e. The van der Waals surface area contributed by atoms with E-state index in [0.29, 0.717) is 22.1 Å². The van der Waals surface area contributed by atoms with Crippen LogP contribution in [0.2, 0.25) is 5.02 Å². The Labute approximate surface area is 196 Å². The summed E-state index contributed by atoms with van der Waals surface area (Å²) in [5, 5.41) is 3.45. The summed E-state index contributed by atoms with van der Waals surface area (Å²) < 4.78 is 12.1. The third-order valence-electron chi connectivity index (χ3n) is 5.37. The molecule has 0 bridgehead atoms. The lowest BCUT2D eigenvalue weighted by molar-refractivity contribution is -0.596. The molecule has 2 atom stereocenters. The predicted octanol–water partition coefficient (Wildman–Crippen LogP) is 3.37. The van der Waals surface area contributed by atoms with Gasteiger partial charge in [0.1, 0.15) is 11.5 Å². The molecular formula is C25H23ClN3O4+. The van der Waals surface area contributed by atoms with Crippen molar-refractivity contribution in [2.45, 2.75) is 12.1 Å². The maximum atomic E-state index is 13.0. The molecular weight excluding hydrogens is 442 g/mol. The van der Waals surface area contributed by atoms with Crippen LogP contribution in [0, 0.1) is 0 Å². The Morgan fingerprint density at radius 2 is 1.70 bits per heavy atom. The Morgan fingerprint density at radius 3 is 2.36 bits per heavy atom. The minimum atomic E-state index is -0.831. The average molecular weight is 465 g/mol. The highest BCUT2D eigenvalue weighted by Crippen LogP contribution is 2.27. The second-order valence-electron chi connectivity index (χ2n) is 7.47. The van der Waals surface area contributed by atoms with Gasteiger partial charge >= 0.3 is 5.91 Å². The quantitative estimate of drug-likeness (QED) is 0.548. The Balaban J connectivity index is 1.68. The van der Waals surface area contributed by atoms with Crippen LogP contribution in [-0.2, 0) is 4.79 Å². The zero-order valence-corrected chi connectivity index (χ0v) is 18.9. The smallest absolute Gasteiger partial charge is 0.304 e. The maximum absolute atomic E-state index is 13.0. The summed E-state index contributed by atoms with van der Waals surface area (Å²) in [5.74, 6) is 0.654. The molecule has 3 aromatic carbocycles. The van der Waals surface area contributed by atoms with Crippen molar-refractivity contribution in [1.29, 1.82) is 0 Å². The van der Waals surface area contributed by atoms with E-state index in [-0.39, 0.29) is 11.8 Å². The zero-order chi connectivity index (χ0) is 23.4. The van der Waals surface area contributed by atoms with E-state index in [1.165, 1.54) is 0 Å². The highest BCUT2D eigenvalue weighted by molar-refractivity contribution is 6.30. The highest BCUT2D eigenvalue weighted by atomic mass is 35.5. The summed E-state index contributed by atoms with van der Waals surface area (Å²) in [6.07, 6.45) is 1.80. The van der Waals surface area contributed by atoms with Crippen molar-refractivity contribution in [3.63, 3.8) is 0 Å². The first-order valence-corrected chi connectivity index (χ1v) is 10.6. The number of hydrazine groups is 1. The number of nitrogens with one attached hydrogen (secondary N) is 2. The van der Waals surface area contributed by atoms with Gasteiger partial charge in [0.05, 0.1) is 14.2 Å². The molecule has 0 spiro atoms. The molecule has 2 N–H and O–H groups in total. The Hall–Kier alpha value is -3.84. The Kier molecular flexibility index (Phi) is 6.60. The number of ether oxygens (including phenoxy) is 2. The molecule has 0 saturated carbocycles. The summed E-state index contributed by atoms with van der Waals surface area (Å²) in [7, 11) is 3.15. The van der Waals surface area contributed by atoms with Crippen LogP contribution in [0.25, 0.3) is 0 Å². The number of amides is 2. The lowest BCUT2D eigenvalue weighted by Gasteiger charge is -2.15. The molecule has 8 heteroatoms. The molecule has 0 aliphatic carbocycles. The number of hydrogen-bond donors (Lipinski definition) is 2. The van der Waals surface area contributed by atoms with Gasteiger partial charge in [-0.25, -0.2) is 0 Å². The van der Waals surface area contributed by atoms with Gasteiger partial charge in [0.2, 0.25) is 12.3 Å². The lowest BCUT2D eigenvalue weighted by atomic mass is 9.99. The van der Waals surface area contributed by atoms with Gasteiger partial charge in [-0.05, 0) is 54.6 Å². The molecule has 0 unspecified atom stereocenters. The molecule has 7 nitrogen and oxygen atoms in total. The van der Waals surface area contributed by atoms with Crippen LogP contribution >= 0.6 is 11.6 Å². The van der Waals surface area contributed by atoms with Crippen LogP contribution in [0.1, 0.15) is 27.5 Å². The first kappa shape index (κ1) is 22.4. The summed E-state index contributed by atoms with van der Waals surface area (Å²) in [6.45, 7) is 0. The molecule has 1 aliphatic heterocycles. The summed E-state index contributed by atoms with van der Waals surface area (Å²) in [5.41, 5.74) is 4.93. The second kappa shape index (κ2) is 9.75. The summed E-state index contributed by atoms with van der Waals surface area (Å²) >= 11 is 6.07. The zero-order valence-electron chi connectivity index (χ0n) is 18.1. The number of hydrazone groups is 1. The number of rotatable bonds is 6. The van der Waals surface area contributed by atoms with Crippen molar-refractivity contribution >= 4 is 29.6 Å². The van der Waals surface area contributed by atoms with E-state index in [0.717, 1.165) is 11.1 Å². The SMILES string of the molecule is COc1ccc(C(=O)N[C@@H]2C(=O)N/[N+](=C\c3cccc(OC)c3)[C@@H]2c2ccc(Cl)cc2)cc1. The van der Waals surface area contributed by atoms with Crippen molar-refractivity contribution in [1.82, 2.24) is 10.7 Å². The normalized spacial score (nSPS) is 18.6. The van der Waals surface area contributed by atoms with E-state index < -0.39 is 12.1 Å². The van der Waals surface area contributed by atoms with Gasteiger partial charge in [-0.2, -0.15) is 0 Å². The van der Waals surface area contributed by atoms with Crippen LogP contribution in [-0.4, -0.2) is 43.0 Å². The summed E-state index contributed by atoms with van der Waals surface area (Å²) in [6, 6.07) is 20.0. The summed E-state index contributed by atoms with van der Waals surface area (Å²) in [4.78, 5) is 25.9. The molecule has 1 heterocycles. The fraction of sp³-hybridized carbons (Fsp3) is 0.160. The van der Waals surface area contributed by atoms with Crippen molar-refractivity contribution < 1.29 is 23.7 Å². The van der Waals surface area contributed by atoms with Crippen LogP contribution in [0.4, 0.5) is 0 Å². The number of nitrogens with zero attached hydrogens (tertiary/aromatic N) is 1. The van der Waals surface area contributed by atoms with Crippen LogP contribution in [0.5, 0.6) is 11.5 Å². The van der Waals surface area contributed by atoms with Gasteiger partial charge in [-0.15, -0.1) is 10.1 Å². The monoisotopic (exact) mass is 464 g/mol. The fourth-order valence-electron chi connectivity index (χ4n) is 3.69. The molecule has 1 fully saturated rings. The minimum absolute atomic E-state index is 0.323. The Bertz CT molecular complexity index is 1190. The van der Waals surface area contributed by atoms with Gasteiger partial charge in [0, 0.05) is 21.7 Å². The van der Waals surface area contributed by atoms with Crippen molar-refractivity contribution in [3.05, 3.63) is 94.5 Å². The van der Waals surface area contributed by atoms with Gasteiger partial charge in [0.15, 0.2) is 6.04 Å². The second-order valence-corrected chi connectivity index (χ2v) is 7.90. The molecule has 0 radical (unpaired) electrons. The lowest BCUT2D eigenvalue weighted by Crippen LogP contribution is -2.42. The minimum Gasteiger partial charge on any atom is -0.497 e. The molecule has 1 aliphatic rings. The van der Waals surface area contributed by atoms with Crippen LogP contribution in [0.15, 0.2) is 72.8 Å². The molecule has 33 heavy (non-hydrogen) atoms. The van der Waals surface area contributed by atoms with Gasteiger partial charge < -0.3 is 14.8 Å². The van der Waals surface area contributed by atoms with Gasteiger partial charge in [-0.1, -0.05) is 29.8 Å². The van der Waals surface area contributed by atoms with E-state index in [4.69, 9.17) is 21.1 Å². The number of methoxy groups -OCH3 is 2. The topological polar surface area (TPSA) is 79.7 Å². The Morgan fingerprint density at radius 1 is 1.00 bits per heavy atom. The van der Waals surface area contributed by atoms with E-state index in [1.807, 2.05) is 36.4 Å². The number of benzene rings is 3. The van der Waals surface area contributed by atoms with Crippen molar-refractivity contribution in [2.24, 2.45) is 0 Å². The first-order valence-electron chi connectivity index (χ1n) is 10.3. The van der Waals surface area contributed by atoms with Crippen molar-refractivity contribution in [2.75, 3.05) is 14.2 Å². The average Bonchev–Trinajstić information content (AvgIpc) is 3.14. The number of halogens is 1. The standard InChI is InChI=1S/C25H22ClN3O4/c1-32-20-12-8-18(9-13-20)24(30)27-22-23(17-6-10-19(26)11-7-17)29(28-25(22)31)15-16-4-3-5-21(14-16)33-2/h3-15,22-23H,1-2H3,(H-,27,28,30,31)/p+1/b29-15-/t22-,23+/m0/s1. The predicted molar refractivity (Wildman–Crippen MR) is 125 cm³/mol. The van der Waals surface area contributed by atoms with Crippen LogP contribution < -0.4 is 20.2 Å².